The predicted octanol–water partition coefficient (Wildman–Crippen LogP) is -0.821. The molecule has 15 heavy (non-hydrogen) atoms. The molecular formula is C10H18N4S. The minimum atomic E-state index is 0.175. The highest BCUT2D eigenvalue weighted by molar-refractivity contribution is 8.01. The Labute approximate surface area is 94.2 Å². The van der Waals surface area contributed by atoms with Crippen molar-refractivity contribution in [1.82, 2.24) is 10.6 Å². The molecule has 5 atom stereocenters. The van der Waals surface area contributed by atoms with Gasteiger partial charge in [0, 0.05) is 31.1 Å². The highest BCUT2D eigenvalue weighted by atomic mass is 32.2. The van der Waals surface area contributed by atoms with E-state index in [0.717, 1.165) is 19.5 Å². The summed E-state index contributed by atoms with van der Waals surface area (Å²) < 4.78 is 0. The van der Waals surface area contributed by atoms with E-state index < -0.39 is 0 Å². The first-order valence-corrected chi connectivity index (χ1v) is 6.53. The number of nitrogens with one attached hydrogen (secondary N) is 2. The van der Waals surface area contributed by atoms with Crippen LogP contribution in [0.15, 0.2) is 11.6 Å². The first-order chi connectivity index (χ1) is 7.24. The van der Waals surface area contributed by atoms with Crippen LogP contribution in [0.4, 0.5) is 0 Å². The van der Waals surface area contributed by atoms with E-state index in [4.69, 9.17) is 11.5 Å². The average Bonchev–Trinajstić information content (AvgIpc) is 2.56. The molecule has 0 bridgehead atoms. The Balaban J connectivity index is 1.85. The molecule has 84 valence electrons. The Morgan fingerprint density at radius 3 is 3.00 bits per heavy atom. The third kappa shape index (κ3) is 1.72. The maximum Gasteiger partial charge on any atom is 0.0769 e. The van der Waals surface area contributed by atoms with Crippen LogP contribution >= 0.6 is 11.8 Å². The van der Waals surface area contributed by atoms with Crippen LogP contribution in [0.5, 0.6) is 0 Å². The number of hydrogen-bond donors (Lipinski definition) is 4. The van der Waals surface area contributed by atoms with E-state index in [9.17, 15) is 0 Å². The second kappa shape index (κ2) is 3.75. The van der Waals surface area contributed by atoms with Crippen molar-refractivity contribution in [2.24, 2.45) is 17.4 Å². The maximum absolute atomic E-state index is 6.00. The minimum Gasteiger partial charge on any atom is -0.327 e. The summed E-state index contributed by atoms with van der Waals surface area (Å²) in [6.45, 7) is 1.84. The summed E-state index contributed by atoms with van der Waals surface area (Å²) in [5.41, 5.74) is 13.4. The van der Waals surface area contributed by atoms with Gasteiger partial charge in [0.15, 0.2) is 0 Å². The van der Waals surface area contributed by atoms with Gasteiger partial charge in [-0.15, -0.1) is 11.8 Å². The number of rotatable bonds is 0. The standard InChI is InChI=1S/C10H18N4S/c11-5-1-7-8-2-6(12)4-14-10(8)15-9(7)13-3-5/h1,5-6,8-10,13-14H,2-4,11-12H2. The van der Waals surface area contributed by atoms with E-state index >= 15 is 0 Å². The van der Waals surface area contributed by atoms with Crippen LogP contribution in [0, 0.1) is 5.92 Å². The van der Waals surface area contributed by atoms with E-state index in [-0.39, 0.29) is 6.04 Å². The summed E-state index contributed by atoms with van der Waals surface area (Å²) in [5, 5.41) is 8.02. The predicted molar refractivity (Wildman–Crippen MR) is 63.3 cm³/mol. The normalized spacial score (nSPS) is 49.5. The van der Waals surface area contributed by atoms with Gasteiger partial charge in [0.2, 0.25) is 0 Å². The SMILES string of the molecule is NC1C=C2C(NC1)SC1NCC(N)CC21. The van der Waals surface area contributed by atoms with Gasteiger partial charge < -0.3 is 16.8 Å². The smallest absolute Gasteiger partial charge is 0.0769 e. The van der Waals surface area contributed by atoms with Crippen molar-refractivity contribution in [2.75, 3.05) is 13.1 Å². The third-order valence-corrected chi connectivity index (χ3v) is 4.96. The van der Waals surface area contributed by atoms with E-state index in [2.05, 4.69) is 16.7 Å². The van der Waals surface area contributed by atoms with Gasteiger partial charge in [-0.1, -0.05) is 6.08 Å². The maximum atomic E-state index is 6.00. The number of thioether (sulfide) groups is 1. The molecule has 2 fully saturated rings. The highest BCUT2D eigenvalue weighted by Gasteiger charge is 2.43. The first-order valence-electron chi connectivity index (χ1n) is 5.59. The molecule has 5 unspecified atom stereocenters. The molecule has 0 aromatic heterocycles. The number of hydrogen-bond acceptors (Lipinski definition) is 5. The number of fused-ring (bicyclic) bond motifs is 3. The summed E-state index contributed by atoms with van der Waals surface area (Å²) in [6, 6.07) is 0.471. The van der Waals surface area contributed by atoms with Crippen LogP contribution in [-0.2, 0) is 0 Å². The van der Waals surface area contributed by atoms with Crippen molar-refractivity contribution >= 4 is 11.8 Å². The fraction of sp³-hybridized carbons (Fsp3) is 0.800. The summed E-state index contributed by atoms with van der Waals surface area (Å²) in [7, 11) is 0. The molecule has 3 aliphatic heterocycles. The van der Waals surface area contributed by atoms with Crippen LogP contribution in [0.3, 0.4) is 0 Å². The molecule has 0 aliphatic carbocycles. The zero-order valence-electron chi connectivity index (χ0n) is 8.65. The van der Waals surface area contributed by atoms with Gasteiger partial charge in [0.25, 0.3) is 0 Å². The summed E-state index contributed by atoms with van der Waals surface area (Å²) >= 11 is 1.98. The van der Waals surface area contributed by atoms with Gasteiger partial charge in [-0.3, -0.25) is 5.32 Å². The molecular weight excluding hydrogens is 208 g/mol. The lowest BCUT2D eigenvalue weighted by Gasteiger charge is -2.31. The van der Waals surface area contributed by atoms with Crippen molar-refractivity contribution in [3.8, 4) is 0 Å². The zero-order valence-corrected chi connectivity index (χ0v) is 9.46. The molecule has 0 spiro atoms. The Morgan fingerprint density at radius 1 is 1.27 bits per heavy atom. The Morgan fingerprint density at radius 2 is 2.13 bits per heavy atom. The Hall–Kier alpha value is -0.0700. The number of piperidine rings is 1. The van der Waals surface area contributed by atoms with Gasteiger partial charge in [-0.2, -0.15) is 0 Å². The van der Waals surface area contributed by atoms with Crippen LogP contribution in [0.1, 0.15) is 6.42 Å². The second-order valence-corrected chi connectivity index (χ2v) is 5.94. The fourth-order valence-corrected chi connectivity index (χ4v) is 4.29. The zero-order chi connectivity index (χ0) is 10.4. The van der Waals surface area contributed by atoms with E-state index in [1.54, 1.807) is 0 Å². The van der Waals surface area contributed by atoms with Gasteiger partial charge in [0.1, 0.15) is 0 Å². The van der Waals surface area contributed by atoms with Gasteiger partial charge in [-0.05, 0) is 12.0 Å². The summed E-state index contributed by atoms with van der Waals surface area (Å²) in [4.78, 5) is 0. The lowest BCUT2D eigenvalue weighted by Crippen LogP contribution is -2.48. The molecule has 0 amide bonds. The second-order valence-electron chi connectivity index (χ2n) is 4.69. The molecule has 0 radical (unpaired) electrons. The molecule has 0 saturated carbocycles. The fourth-order valence-electron chi connectivity index (χ4n) is 2.74. The first kappa shape index (κ1) is 10.1. The number of nitrogens with two attached hydrogens (primary N) is 2. The van der Waals surface area contributed by atoms with Crippen LogP contribution in [0.25, 0.3) is 0 Å². The summed E-state index contributed by atoms with van der Waals surface area (Å²) in [5.74, 6) is 0.586. The van der Waals surface area contributed by atoms with Gasteiger partial charge in [-0.25, -0.2) is 0 Å². The van der Waals surface area contributed by atoms with Crippen molar-refractivity contribution in [2.45, 2.75) is 29.3 Å². The lowest BCUT2D eigenvalue weighted by atomic mass is 9.87. The average molecular weight is 226 g/mol. The molecule has 5 heteroatoms. The minimum absolute atomic E-state index is 0.175. The molecule has 0 aromatic carbocycles. The van der Waals surface area contributed by atoms with E-state index in [0.29, 0.717) is 22.7 Å². The Kier molecular flexibility index (Phi) is 2.52. The topological polar surface area (TPSA) is 76.1 Å². The van der Waals surface area contributed by atoms with Gasteiger partial charge >= 0.3 is 0 Å². The van der Waals surface area contributed by atoms with Crippen molar-refractivity contribution < 1.29 is 0 Å². The van der Waals surface area contributed by atoms with E-state index in [1.165, 1.54) is 5.57 Å². The van der Waals surface area contributed by atoms with Crippen LogP contribution in [0.2, 0.25) is 0 Å². The van der Waals surface area contributed by atoms with E-state index in [1.807, 2.05) is 11.8 Å². The lowest BCUT2D eigenvalue weighted by molar-refractivity contribution is 0.357. The molecule has 2 saturated heterocycles. The molecule has 3 aliphatic rings. The molecule has 3 rings (SSSR count). The van der Waals surface area contributed by atoms with Crippen LogP contribution in [-0.4, -0.2) is 35.9 Å². The molecule has 3 heterocycles. The van der Waals surface area contributed by atoms with Crippen molar-refractivity contribution in [3.63, 3.8) is 0 Å². The van der Waals surface area contributed by atoms with Crippen LogP contribution < -0.4 is 22.1 Å². The van der Waals surface area contributed by atoms with Gasteiger partial charge in [0.05, 0.1) is 10.7 Å². The van der Waals surface area contributed by atoms with Crippen molar-refractivity contribution in [1.29, 1.82) is 0 Å². The Bertz CT molecular complexity index is 293. The summed E-state index contributed by atoms with van der Waals surface area (Å²) in [6.07, 6.45) is 3.35. The molecule has 6 N–H and O–H groups in total. The highest BCUT2D eigenvalue weighted by Crippen LogP contribution is 2.44. The van der Waals surface area contributed by atoms with Crippen molar-refractivity contribution in [3.05, 3.63) is 11.6 Å². The molecule has 0 aromatic rings. The quantitative estimate of drug-likeness (QED) is 0.406. The molecule has 4 nitrogen and oxygen atoms in total. The third-order valence-electron chi connectivity index (χ3n) is 3.46. The monoisotopic (exact) mass is 226 g/mol. The largest absolute Gasteiger partial charge is 0.327 e.